The maximum absolute atomic E-state index is 12.9. The first-order valence-electron chi connectivity index (χ1n) is 10.9. The Morgan fingerprint density at radius 1 is 0.882 bits per heavy atom. The molecular formula is C26H28N4O3S. The lowest BCUT2D eigenvalue weighted by Gasteiger charge is -2.21. The van der Waals surface area contributed by atoms with Crippen LogP contribution in [-0.4, -0.2) is 52.7 Å². The highest BCUT2D eigenvalue weighted by Gasteiger charge is 2.28. The number of nitrogens with one attached hydrogen (secondary N) is 2. The van der Waals surface area contributed by atoms with Crippen LogP contribution in [-0.2, 0) is 14.8 Å². The van der Waals surface area contributed by atoms with E-state index >= 15 is 0 Å². The predicted octanol–water partition coefficient (Wildman–Crippen LogP) is 3.95. The zero-order valence-corrected chi connectivity index (χ0v) is 20.3. The molecule has 0 aliphatic carbocycles. The van der Waals surface area contributed by atoms with E-state index in [0.29, 0.717) is 23.5 Å². The van der Waals surface area contributed by atoms with Crippen molar-refractivity contribution in [2.45, 2.75) is 0 Å². The number of fused-ring (bicyclic) bond motifs is 1. The summed E-state index contributed by atoms with van der Waals surface area (Å²) >= 11 is 0. The summed E-state index contributed by atoms with van der Waals surface area (Å²) in [6, 6.07) is 24.4. The summed E-state index contributed by atoms with van der Waals surface area (Å²) in [4.78, 5) is 14.8. The van der Waals surface area contributed by atoms with Gasteiger partial charge in [0.05, 0.1) is 22.7 Å². The number of amides is 1. The van der Waals surface area contributed by atoms with Crippen molar-refractivity contribution in [1.29, 1.82) is 0 Å². The molecule has 0 fully saturated rings. The standard InChI is InChI=1S/C26H28N4O3S/c1-29(2)17-18-34(32,33)30(3)21-15-13-20(14-16-21)27-25(19-9-5-4-6-10-19)24-22-11-7-8-12-23(22)28-26(24)31/h4-16,27H,17-18H2,1-3H3,(H,28,31)/b25-24-. The van der Waals surface area contributed by atoms with Crippen molar-refractivity contribution in [2.24, 2.45) is 0 Å². The van der Waals surface area contributed by atoms with E-state index in [1.54, 1.807) is 19.2 Å². The van der Waals surface area contributed by atoms with Crippen LogP contribution in [0.5, 0.6) is 0 Å². The molecule has 1 amide bonds. The third kappa shape index (κ3) is 4.98. The van der Waals surface area contributed by atoms with Gasteiger partial charge in [0.25, 0.3) is 5.91 Å². The monoisotopic (exact) mass is 476 g/mol. The molecule has 34 heavy (non-hydrogen) atoms. The second-order valence-electron chi connectivity index (χ2n) is 8.37. The minimum atomic E-state index is -3.43. The Bertz CT molecular complexity index is 1320. The molecule has 0 spiro atoms. The van der Waals surface area contributed by atoms with Gasteiger partial charge in [0.2, 0.25) is 10.0 Å². The van der Waals surface area contributed by atoms with Gasteiger partial charge in [0.15, 0.2) is 0 Å². The molecule has 7 nitrogen and oxygen atoms in total. The number of benzene rings is 3. The van der Waals surface area contributed by atoms with Crippen LogP contribution in [0.25, 0.3) is 11.3 Å². The molecule has 2 N–H and O–H groups in total. The van der Waals surface area contributed by atoms with Crippen LogP contribution in [0.1, 0.15) is 11.1 Å². The largest absolute Gasteiger partial charge is 0.354 e. The van der Waals surface area contributed by atoms with Crippen LogP contribution < -0.4 is 14.9 Å². The van der Waals surface area contributed by atoms with Gasteiger partial charge in [-0.15, -0.1) is 0 Å². The highest BCUT2D eigenvalue weighted by atomic mass is 32.2. The summed E-state index contributed by atoms with van der Waals surface area (Å²) in [7, 11) is 1.82. The van der Waals surface area contributed by atoms with E-state index in [0.717, 1.165) is 22.5 Å². The zero-order chi connectivity index (χ0) is 24.3. The van der Waals surface area contributed by atoms with Crippen molar-refractivity contribution in [3.05, 3.63) is 90.0 Å². The van der Waals surface area contributed by atoms with Gasteiger partial charge in [0.1, 0.15) is 0 Å². The summed E-state index contributed by atoms with van der Waals surface area (Å²) in [5.74, 6) is -0.133. The molecule has 4 rings (SSSR count). The molecule has 8 heteroatoms. The number of sulfonamides is 1. The van der Waals surface area contributed by atoms with Crippen molar-refractivity contribution < 1.29 is 13.2 Å². The van der Waals surface area contributed by atoms with Crippen LogP contribution in [0, 0.1) is 0 Å². The van der Waals surface area contributed by atoms with Crippen molar-refractivity contribution in [3.8, 4) is 0 Å². The van der Waals surface area contributed by atoms with Crippen LogP contribution in [0.2, 0.25) is 0 Å². The van der Waals surface area contributed by atoms with Gasteiger partial charge < -0.3 is 15.5 Å². The SMILES string of the molecule is CN(C)CCS(=O)(=O)N(C)c1ccc(N/C(=C2\C(=O)Nc3ccccc32)c2ccccc2)cc1. The number of carbonyl (C=O) groups excluding carboxylic acids is 1. The minimum Gasteiger partial charge on any atom is -0.354 e. The first-order chi connectivity index (χ1) is 16.3. The quantitative estimate of drug-likeness (QED) is 0.481. The number of rotatable bonds is 8. The normalized spacial score (nSPS) is 14.5. The Hall–Kier alpha value is -3.62. The third-order valence-corrected chi connectivity index (χ3v) is 7.44. The first kappa shape index (κ1) is 23.5. The topological polar surface area (TPSA) is 81.8 Å². The second kappa shape index (κ2) is 9.70. The molecule has 0 radical (unpaired) electrons. The number of anilines is 3. The highest BCUT2D eigenvalue weighted by molar-refractivity contribution is 7.92. The van der Waals surface area contributed by atoms with Gasteiger partial charge in [-0.2, -0.15) is 0 Å². The van der Waals surface area contributed by atoms with Gasteiger partial charge in [-0.3, -0.25) is 9.10 Å². The second-order valence-corrected chi connectivity index (χ2v) is 10.5. The van der Waals surface area contributed by atoms with Crippen molar-refractivity contribution in [1.82, 2.24) is 4.90 Å². The Morgan fingerprint density at radius 2 is 1.53 bits per heavy atom. The molecule has 1 aliphatic heterocycles. The number of nitrogens with zero attached hydrogens (tertiary/aromatic N) is 2. The molecule has 0 bridgehead atoms. The fraction of sp³-hybridized carbons (Fsp3) is 0.192. The molecule has 0 saturated carbocycles. The van der Waals surface area contributed by atoms with E-state index in [1.165, 1.54) is 4.31 Å². The number of para-hydroxylation sites is 1. The molecule has 1 heterocycles. The summed E-state index contributed by atoms with van der Waals surface area (Å²) in [6.45, 7) is 0.448. The van der Waals surface area contributed by atoms with Gasteiger partial charge in [-0.1, -0.05) is 48.5 Å². The van der Waals surface area contributed by atoms with Crippen molar-refractivity contribution in [2.75, 3.05) is 48.4 Å². The fourth-order valence-corrected chi connectivity index (χ4v) is 5.06. The van der Waals surface area contributed by atoms with E-state index in [1.807, 2.05) is 85.7 Å². The van der Waals surface area contributed by atoms with Gasteiger partial charge >= 0.3 is 0 Å². The van der Waals surface area contributed by atoms with E-state index in [4.69, 9.17) is 0 Å². The Labute approximate surface area is 200 Å². The Morgan fingerprint density at radius 3 is 2.21 bits per heavy atom. The van der Waals surface area contributed by atoms with E-state index < -0.39 is 10.0 Å². The lowest BCUT2D eigenvalue weighted by Crippen LogP contribution is -2.33. The summed E-state index contributed by atoms with van der Waals surface area (Å²) in [5, 5.41) is 6.33. The average molecular weight is 477 g/mol. The molecule has 0 unspecified atom stereocenters. The maximum atomic E-state index is 12.9. The predicted molar refractivity (Wildman–Crippen MR) is 139 cm³/mol. The first-order valence-corrected chi connectivity index (χ1v) is 12.6. The number of hydrogen-bond donors (Lipinski definition) is 2. The number of hydrogen-bond acceptors (Lipinski definition) is 5. The van der Waals surface area contributed by atoms with Crippen LogP contribution in [0.3, 0.4) is 0 Å². The fourth-order valence-electron chi connectivity index (χ4n) is 3.74. The van der Waals surface area contributed by atoms with E-state index in [9.17, 15) is 13.2 Å². The Balaban J connectivity index is 1.66. The van der Waals surface area contributed by atoms with E-state index in [-0.39, 0.29) is 11.7 Å². The van der Waals surface area contributed by atoms with Crippen molar-refractivity contribution >= 4 is 44.3 Å². The minimum absolute atomic E-state index is 0.0370. The maximum Gasteiger partial charge on any atom is 0.258 e. The van der Waals surface area contributed by atoms with Crippen LogP contribution in [0.4, 0.5) is 17.1 Å². The van der Waals surface area contributed by atoms with Crippen LogP contribution >= 0.6 is 0 Å². The van der Waals surface area contributed by atoms with E-state index in [2.05, 4.69) is 10.6 Å². The van der Waals surface area contributed by atoms with Gasteiger partial charge in [0, 0.05) is 30.5 Å². The highest BCUT2D eigenvalue weighted by Crippen LogP contribution is 2.37. The summed E-state index contributed by atoms with van der Waals surface area (Å²) in [5.41, 5.74) is 5.04. The van der Waals surface area contributed by atoms with Crippen LogP contribution in [0.15, 0.2) is 78.9 Å². The number of carbonyl (C=O) groups is 1. The summed E-state index contributed by atoms with van der Waals surface area (Å²) in [6.07, 6.45) is 0. The molecule has 3 aromatic rings. The lowest BCUT2D eigenvalue weighted by atomic mass is 10.00. The van der Waals surface area contributed by atoms with Gasteiger partial charge in [-0.25, -0.2) is 8.42 Å². The molecule has 0 atom stereocenters. The molecule has 0 saturated heterocycles. The zero-order valence-electron chi connectivity index (χ0n) is 19.4. The summed E-state index contributed by atoms with van der Waals surface area (Å²) < 4.78 is 26.6. The Kier molecular flexibility index (Phi) is 6.72. The average Bonchev–Trinajstić information content (AvgIpc) is 3.17. The molecule has 0 aromatic heterocycles. The van der Waals surface area contributed by atoms with Crippen molar-refractivity contribution in [3.63, 3.8) is 0 Å². The molecule has 3 aromatic carbocycles. The lowest BCUT2D eigenvalue weighted by molar-refractivity contribution is -0.110. The molecule has 176 valence electrons. The third-order valence-electron chi connectivity index (χ3n) is 5.70. The molecule has 1 aliphatic rings. The van der Waals surface area contributed by atoms with Gasteiger partial charge in [-0.05, 0) is 50.0 Å². The smallest absolute Gasteiger partial charge is 0.258 e. The molecular weight excluding hydrogens is 448 g/mol.